The molecule has 0 radical (unpaired) electrons. The molecule has 1 aliphatic rings. The molecule has 0 bridgehead atoms. The Balaban J connectivity index is 1.76. The van der Waals surface area contributed by atoms with Gasteiger partial charge in [-0.1, -0.05) is 24.3 Å². The number of hydrogen-bond donors (Lipinski definition) is 0. The Bertz CT molecular complexity index is 394. The second-order valence-corrected chi connectivity index (χ2v) is 6.45. The summed E-state index contributed by atoms with van der Waals surface area (Å²) in [6.07, 6.45) is 4.91. The number of carbonyl (C=O) groups excluding carboxylic acids is 1. The normalized spacial score (nSPS) is 16.7. The van der Waals surface area contributed by atoms with Crippen LogP contribution in [-0.4, -0.2) is 17.3 Å². The largest absolute Gasteiger partial charge is 0.300 e. The van der Waals surface area contributed by atoms with Crippen LogP contribution < -0.4 is 0 Å². The molecule has 1 aromatic carbocycles. The number of ketones is 1. The van der Waals surface area contributed by atoms with Gasteiger partial charge in [0.1, 0.15) is 5.78 Å². The first-order chi connectivity index (χ1) is 8.75. The Morgan fingerprint density at radius 3 is 2.72 bits per heavy atom. The maximum absolute atomic E-state index is 12.0. The van der Waals surface area contributed by atoms with E-state index in [0.29, 0.717) is 18.1 Å². The molecule has 0 unspecified atom stereocenters. The third-order valence-electron chi connectivity index (χ3n) is 3.79. The van der Waals surface area contributed by atoms with Crippen molar-refractivity contribution in [1.29, 1.82) is 0 Å². The second kappa shape index (κ2) is 6.98. The molecule has 0 spiro atoms. The molecule has 98 valence electrons. The van der Waals surface area contributed by atoms with Gasteiger partial charge in [0.05, 0.1) is 0 Å². The van der Waals surface area contributed by atoms with Crippen molar-refractivity contribution in [1.82, 2.24) is 0 Å². The lowest BCUT2D eigenvalue weighted by atomic mass is 9.93. The number of thioether (sulfide) groups is 1. The van der Waals surface area contributed by atoms with Crippen LogP contribution >= 0.6 is 11.8 Å². The first kappa shape index (κ1) is 13.7. The van der Waals surface area contributed by atoms with E-state index in [1.165, 1.54) is 35.5 Å². The highest BCUT2D eigenvalue weighted by Crippen LogP contribution is 2.26. The quantitative estimate of drug-likeness (QED) is 0.797. The molecule has 0 atom stereocenters. The highest BCUT2D eigenvalue weighted by atomic mass is 32.2. The van der Waals surface area contributed by atoms with Crippen molar-refractivity contribution in [3.05, 3.63) is 35.4 Å². The van der Waals surface area contributed by atoms with Crippen LogP contribution in [0.5, 0.6) is 0 Å². The molecule has 0 N–H and O–H groups in total. The molecule has 2 heteroatoms. The Hall–Kier alpha value is -0.760. The van der Waals surface area contributed by atoms with E-state index in [2.05, 4.69) is 31.2 Å². The van der Waals surface area contributed by atoms with Crippen molar-refractivity contribution in [3.8, 4) is 0 Å². The second-order valence-electron chi connectivity index (χ2n) is 5.23. The maximum atomic E-state index is 12.0. The fraction of sp³-hybridized carbons (Fsp3) is 0.562. The van der Waals surface area contributed by atoms with Crippen LogP contribution in [0.3, 0.4) is 0 Å². The van der Waals surface area contributed by atoms with Crippen molar-refractivity contribution in [2.24, 2.45) is 5.92 Å². The fourth-order valence-corrected chi connectivity index (χ4v) is 3.74. The third kappa shape index (κ3) is 4.16. The lowest BCUT2D eigenvalue weighted by molar-refractivity contribution is -0.120. The van der Waals surface area contributed by atoms with Gasteiger partial charge in [-0.3, -0.25) is 4.79 Å². The van der Waals surface area contributed by atoms with Gasteiger partial charge in [-0.15, -0.1) is 0 Å². The van der Waals surface area contributed by atoms with E-state index in [4.69, 9.17) is 0 Å². The summed E-state index contributed by atoms with van der Waals surface area (Å²) in [6, 6.07) is 8.38. The highest BCUT2D eigenvalue weighted by molar-refractivity contribution is 7.99. The SMILES string of the molecule is Cc1ccccc1CCC(=O)CC1CCSCC1. The minimum absolute atomic E-state index is 0.454. The smallest absolute Gasteiger partial charge is 0.133 e. The van der Waals surface area contributed by atoms with Crippen LogP contribution in [-0.2, 0) is 11.2 Å². The lowest BCUT2D eigenvalue weighted by Gasteiger charge is -2.20. The number of carbonyl (C=O) groups is 1. The summed E-state index contributed by atoms with van der Waals surface area (Å²) in [6.45, 7) is 2.12. The number of benzene rings is 1. The van der Waals surface area contributed by atoms with E-state index < -0.39 is 0 Å². The molecule has 1 aliphatic heterocycles. The van der Waals surface area contributed by atoms with Gasteiger partial charge in [0.25, 0.3) is 0 Å². The van der Waals surface area contributed by atoms with E-state index >= 15 is 0 Å². The lowest BCUT2D eigenvalue weighted by Crippen LogP contribution is -2.14. The Morgan fingerprint density at radius 2 is 2.00 bits per heavy atom. The average molecular weight is 262 g/mol. The van der Waals surface area contributed by atoms with Crippen molar-refractivity contribution in [2.45, 2.75) is 39.0 Å². The molecule has 1 heterocycles. The van der Waals surface area contributed by atoms with Gasteiger partial charge in [0.15, 0.2) is 0 Å². The summed E-state index contributed by atoms with van der Waals surface area (Å²) in [5.41, 5.74) is 2.63. The minimum atomic E-state index is 0.454. The third-order valence-corrected chi connectivity index (χ3v) is 4.84. The molecule has 0 saturated carbocycles. The molecule has 18 heavy (non-hydrogen) atoms. The van der Waals surface area contributed by atoms with Crippen molar-refractivity contribution in [3.63, 3.8) is 0 Å². The van der Waals surface area contributed by atoms with Crippen LogP contribution in [0.4, 0.5) is 0 Å². The van der Waals surface area contributed by atoms with E-state index in [9.17, 15) is 4.79 Å². The van der Waals surface area contributed by atoms with Crippen molar-refractivity contribution in [2.75, 3.05) is 11.5 Å². The fourth-order valence-electron chi connectivity index (χ4n) is 2.54. The Kier molecular flexibility index (Phi) is 5.30. The van der Waals surface area contributed by atoms with Crippen LogP contribution in [0.1, 0.15) is 36.8 Å². The number of aryl methyl sites for hydroxylation is 2. The van der Waals surface area contributed by atoms with E-state index in [1.807, 2.05) is 11.8 Å². The highest BCUT2D eigenvalue weighted by Gasteiger charge is 2.17. The zero-order valence-electron chi connectivity index (χ0n) is 11.2. The molecule has 1 aromatic rings. The Labute approximate surface area is 114 Å². The maximum Gasteiger partial charge on any atom is 0.133 e. The molecule has 1 fully saturated rings. The summed E-state index contributed by atoms with van der Waals surface area (Å²) < 4.78 is 0. The van der Waals surface area contributed by atoms with Crippen LogP contribution in [0.25, 0.3) is 0 Å². The molecule has 2 rings (SSSR count). The van der Waals surface area contributed by atoms with Gasteiger partial charge in [-0.2, -0.15) is 11.8 Å². The van der Waals surface area contributed by atoms with Gasteiger partial charge >= 0.3 is 0 Å². The van der Waals surface area contributed by atoms with E-state index in [1.54, 1.807) is 0 Å². The van der Waals surface area contributed by atoms with Gasteiger partial charge < -0.3 is 0 Å². The van der Waals surface area contributed by atoms with Gasteiger partial charge in [0.2, 0.25) is 0 Å². The zero-order chi connectivity index (χ0) is 12.8. The molecular formula is C16H22OS. The number of Topliss-reactive ketones (excluding diaryl/α,β-unsaturated/α-hetero) is 1. The molecular weight excluding hydrogens is 240 g/mol. The summed E-state index contributed by atoms with van der Waals surface area (Å²) in [5, 5.41) is 0. The van der Waals surface area contributed by atoms with Crippen LogP contribution in [0.15, 0.2) is 24.3 Å². The topological polar surface area (TPSA) is 17.1 Å². The van der Waals surface area contributed by atoms with Crippen molar-refractivity contribution >= 4 is 17.5 Å². The monoisotopic (exact) mass is 262 g/mol. The van der Waals surface area contributed by atoms with Gasteiger partial charge in [0, 0.05) is 12.8 Å². The molecule has 0 aromatic heterocycles. The Morgan fingerprint density at radius 1 is 1.28 bits per heavy atom. The van der Waals surface area contributed by atoms with E-state index in [0.717, 1.165) is 12.8 Å². The molecule has 0 aliphatic carbocycles. The van der Waals surface area contributed by atoms with Gasteiger partial charge in [-0.25, -0.2) is 0 Å². The summed E-state index contributed by atoms with van der Waals surface area (Å²) in [4.78, 5) is 12.0. The number of rotatable bonds is 5. The molecule has 1 nitrogen and oxygen atoms in total. The summed E-state index contributed by atoms with van der Waals surface area (Å²) in [7, 11) is 0. The first-order valence-corrected chi connectivity index (χ1v) is 8.05. The number of hydrogen-bond acceptors (Lipinski definition) is 2. The predicted octanol–water partition coefficient (Wildman–Crippen LogP) is 4.03. The van der Waals surface area contributed by atoms with E-state index in [-0.39, 0.29) is 0 Å². The van der Waals surface area contributed by atoms with Crippen molar-refractivity contribution < 1.29 is 4.79 Å². The first-order valence-electron chi connectivity index (χ1n) is 6.89. The average Bonchev–Trinajstić information content (AvgIpc) is 2.39. The van der Waals surface area contributed by atoms with Crippen LogP contribution in [0.2, 0.25) is 0 Å². The zero-order valence-corrected chi connectivity index (χ0v) is 12.0. The molecule has 1 saturated heterocycles. The summed E-state index contributed by atoms with van der Waals surface area (Å²) >= 11 is 2.03. The van der Waals surface area contributed by atoms with Gasteiger partial charge in [-0.05, 0) is 54.7 Å². The van der Waals surface area contributed by atoms with Crippen LogP contribution in [0, 0.1) is 12.8 Å². The predicted molar refractivity (Wildman–Crippen MR) is 79.2 cm³/mol. The standard InChI is InChI=1S/C16H22OS/c1-13-4-2-3-5-15(13)6-7-16(17)12-14-8-10-18-11-9-14/h2-5,14H,6-12H2,1H3. The minimum Gasteiger partial charge on any atom is -0.300 e. The molecule has 0 amide bonds. The summed E-state index contributed by atoms with van der Waals surface area (Å²) in [5.74, 6) is 3.61.